The Kier molecular flexibility index (Phi) is 5.59. The largest absolute Gasteiger partial charge is 0.370 e. The summed E-state index contributed by atoms with van der Waals surface area (Å²) >= 11 is 7.42. The number of aryl methyl sites for hydroxylation is 1. The van der Waals surface area contributed by atoms with Crippen LogP contribution in [0.3, 0.4) is 0 Å². The van der Waals surface area contributed by atoms with Crippen LogP contribution in [0.4, 0.5) is 5.82 Å². The molecule has 0 aliphatic heterocycles. The highest BCUT2D eigenvalue weighted by atomic mass is 35.5. The monoisotopic (exact) mass is 323 g/mol. The van der Waals surface area contributed by atoms with Gasteiger partial charge >= 0.3 is 0 Å². The van der Waals surface area contributed by atoms with Gasteiger partial charge in [-0.3, -0.25) is 4.79 Å². The summed E-state index contributed by atoms with van der Waals surface area (Å²) in [6.07, 6.45) is 0.785. The highest BCUT2D eigenvalue weighted by Gasteiger charge is 2.08. The molecule has 112 valence electrons. The van der Waals surface area contributed by atoms with Gasteiger partial charge in [0.05, 0.1) is 4.34 Å². The van der Waals surface area contributed by atoms with Crippen LogP contribution in [0.15, 0.2) is 24.3 Å². The molecule has 0 aliphatic rings. The number of carbonyl (C=O) groups excluding carboxylic acids is 1. The molecular formula is C15H18ClN3OS. The summed E-state index contributed by atoms with van der Waals surface area (Å²) < 4.78 is 0.774. The van der Waals surface area contributed by atoms with Crippen molar-refractivity contribution < 1.29 is 4.79 Å². The fourth-order valence-corrected chi connectivity index (χ4v) is 3.05. The molecular weight excluding hydrogens is 306 g/mol. The molecule has 0 saturated heterocycles. The third kappa shape index (κ3) is 4.72. The minimum absolute atomic E-state index is 0.0812. The first-order chi connectivity index (χ1) is 10.1. The molecule has 2 rings (SSSR count). The summed E-state index contributed by atoms with van der Waals surface area (Å²) in [5.74, 6) is 0.648. The Labute approximate surface area is 133 Å². The molecule has 0 radical (unpaired) electrons. The van der Waals surface area contributed by atoms with Gasteiger partial charge < -0.3 is 10.6 Å². The molecule has 2 N–H and O–H groups in total. The van der Waals surface area contributed by atoms with Crippen molar-refractivity contribution in [1.82, 2.24) is 10.3 Å². The van der Waals surface area contributed by atoms with E-state index in [1.54, 1.807) is 23.5 Å². The molecule has 1 amide bonds. The van der Waals surface area contributed by atoms with Gasteiger partial charge in [0.15, 0.2) is 0 Å². The molecule has 0 aromatic carbocycles. The van der Waals surface area contributed by atoms with Crippen molar-refractivity contribution in [2.75, 3.05) is 18.4 Å². The van der Waals surface area contributed by atoms with Gasteiger partial charge in [-0.15, -0.1) is 11.3 Å². The number of anilines is 1. The predicted octanol–water partition coefficient (Wildman–Crippen LogP) is 3.51. The second-order valence-electron chi connectivity index (χ2n) is 4.62. The summed E-state index contributed by atoms with van der Waals surface area (Å²) in [6.45, 7) is 5.24. The molecule has 0 unspecified atom stereocenters. The van der Waals surface area contributed by atoms with Crippen LogP contribution in [0.1, 0.15) is 27.9 Å². The van der Waals surface area contributed by atoms with Gasteiger partial charge in [-0.2, -0.15) is 0 Å². The number of nitrogens with one attached hydrogen (secondary N) is 2. The third-order valence-electron chi connectivity index (χ3n) is 2.86. The summed E-state index contributed by atoms with van der Waals surface area (Å²) in [6, 6.07) is 7.42. The van der Waals surface area contributed by atoms with Gasteiger partial charge in [-0.1, -0.05) is 11.6 Å². The SMILES string of the molecule is CCNc1cc(C(=O)NCCc2ccc(Cl)s2)cc(C)n1. The number of nitrogens with zero attached hydrogens (tertiary/aromatic N) is 1. The van der Waals surface area contributed by atoms with Crippen molar-refractivity contribution in [2.24, 2.45) is 0 Å². The lowest BCUT2D eigenvalue weighted by Crippen LogP contribution is -2.25. The van der Waals surface area contributed by atoms with E-state index in [1.807, 2.05) is 26.0 Å². The lowest BCUT2D eigenvalue weighted by atomic mass is 10.2. The van der Waals surface area contributed by atoms with Gasteiger partial charge in [0, 0.05) is 29.2 Å². The normalized spacial score (nSPS) is 10.4. The van der Waals surface area contributed by atoms with Crippen molar-refractivity contribution in [1.29, 1.82) is 0 Å². The number of carbonyl (C=O) groups is 1. The van der Waals surface area contributed by atoms with Crippen LogP contribution in [-0.2, 0) is 6.42 Å². The van der Waals surface area contributed by atoms with Crippen LogP contribution in [-0.4, -0.2) is 24.0 Å². The number of hydrogen-bond acceptors (Lipinski definition) is 4. The Balaban J connectivity index is 1.93. The summed E-state index contributed by atoms with van der Waals surface area (Å²) in [5, 5.41) is 6.05. The zero-order valence-corrected chi connectivity index (χ0v) is 13.6. The Morgan fingerprint density at radius 1 is 1.38 bits per heavy atom. The van der Waals surface area contributed by atoms with Gasteiger partial charge in [0.1, 0.15) is 5.82 Å². The molecule has 0 spiro atoms. The standard InChI is InChI=1S/C15H18ClN3OS/c1-3-17-14-9-11(8-10(2)19-14)15(20)18-7-6-12-4-5-13(16)21-12/h4-5,8-9H,3,6-7H2,1-2H3,(H,17,19)(H,18,20). The minimum atomic E-state index is -0.0812. The molecule has 0 fully saturated rings. The molecule has 0 saturated carbocycles. The van der Waals surface area contributed by atoms with Crippen LogP contribution in [0.2, 0.25) is 4.34 Å². The third-order valence-corrected chi connectivity index (χ3v) is 4.15. The molecule has 0 atom stereocenters. The van der Waals surface area contributed by atoms with E-state index >= 15 is 0 Å². The molecule has 2 aromatic heterocycles. The molecule has 0 bridgehead atoms. The van der Waals surface area contributed by atoms with Gasteiger partial charge in [0.25, 0.3) is 5.91 Å². The average Bonchev–Trinajstić information content (AvgIpc) is 2.84. The van der Waals surface area contributed by atoms with Crippen molar-refractivity contribution in [3.05, 3.63) is 44.7 Å². The zero-order valence-electron chi connectivity index (χ0n) is 12.1. The number of amides is 1. The number of rotatable bonds is 6. The molecule has 2 heterocycles. The van der Waals surface area contributed by atoms with Gasteiger partial charge in [-0.05, 0) is 44.5 Å². The van der Waals surface area contributed by atoms with Crippen LogP contribution in [0, 0.1) is 6.92 Å². The number of pyridine rings is 1. The van der Waals surface area contributed by atoms with E-state index in [9.17, 15) is 4.79 Å². The first-order valence-corrected chi connectivity index (χ1v) is 8.03. The van der Waals surface area contributed by atoms with Crippen molar-refractivity contribution in [3.63, 3.8) is 0 Å². The quantitative estimate of drug-likeness (QED) is 0.855. The van der Waals surface area contributed by atoms with E-state index < -0.39 is 0 Å². The Morgan fingerprint density at radius 2 is 2.19 bits per heavy atom. The zero-order chi connectivity index (χ0) is 15.2. The first-order valence-electron chi connectivity index (χ1n) is 6.83. The number of aromatic nitrogens is 1. The van der Waals surface area contributed by atoms with Gasteiger partial charge in [0.2, 0.25) is 0 Å². The van der Waals surface area contributed by atoms with E-state index in [-0.39, 0.29) is 5.91 Å². The second kappa shape index (κ2) is 7.43. The Morgan fingerprint density at radius 3 is 2.86 bits per heavy atom. The van der Waals surface area contributed by atoms with E-state index in [0.29, 0.717) is 12.1 Å². The fourth-order valence-electron chi connectivity index (χ4n) is 1.96. The summed E-state index contributed by atoms with van der Waals surface area (Å²) in [5.41, 5.74) is 1.45. The predicted molar refractivity (Wildman–Crippen MR) is 88.5 cm³/mol. The maximum Gasteiger partial charge on any atom is 0.251 e. The van der Waals surface area contributed by atoms with Crippen LogP contribution < -0.4 is 10.6 Å². The van der Waals surface area contributed by atoms with Crippen molar-refractivity contribution in [2.45, 2.75) is 20.3 Å². The van der Waals surface area contributed by atoms with E-state index in [2.05, 4.69) is 15.6 Å². The molecule has 2 aromatic rings. The van der Waals surface area contributed by atoms with Crippen LogP contribution in [0.5, 0.6) is 0 Å². The summed E-state index contributed by atoms with van der Waals surface area (Å²) in [7, 11) is 0. The molecule has 21 heavy (non-hydrogen) atoms. The lowest BCUT2D eigenvalue weighted by molar-refractivity contribution is 0.0954. The molecule has 0 aliphatic carbocycles. The minimum Gasteiger partial charge on any atom is -0.370 e. The van der Waals surface area contributed by atoms with E-state index in [4.69, 9.17) is 11.6 Å². The Hall–Kier alpha value is -1.59. The second-order valence-corrected chi connectivity index (χ2v) is 6.42. The number of thiophene rings is 1. The van der Waals surface area contributed by atoms with Crippen LogP contribution >= 0.6 is 22.9 Å². The van der Waals surface area contributed by atoms with E-state index in [0.717, 1.165) is 28.8 Å². The maximum atomic E-state index is 12.2. The lowest BCUT2D eigenvalue weighted by Gasteiger charge is -2.08. The topological polar surface area (TPSA) is 54.0 Å². The highest BCUT2D eigenvalue weighted by molar-refractivity contribution is 7.16. The Bertz CT molecular complexity index is 627. The summed E-state index contributed by atoms with van der Waals surface area (Å²) in [4.78, 5) is 17.7. The fraction of sp³-hybridized carbons (Fsp3) is 0.333. The van der Waals surface area contributed by atoms with E-state index in [1.165, 1.54) is 4.88 Å². The van der Waals surface area contributed by atoms with Crippen molar-refractivity contribution in [3.8, 4) is 0 Å². The smallest absolute Gasteiger partial charge is 0.251 e. The molecule has 6 heteroatoms. The van der Waals surface area contributed by atoms with Gasteiger partial charge in [-0.25, -0.2) is 4.98 Å². The molecule has 4 nitrogen and oxygen atoms in total. The van der Waals surface area contributed by atoms with Crippen molar-refractivity contribution >= 4 is 34.7 Å². The maximum absolute atomic E-state index is 12.2. The number of halogens is 1. The number of hydrogen-bond donors (Lipinski definition) is 2. The highest BCUT2D eigenvalue weighted by Crippen LogP contribution is 2.21. The average molecular weight is 324 g/mol. The van der Waals surface area contributed by atoms with Crippen LogP contribution in [0.25, 0.3) is 0 Å². The first kappa shape index (κ1) is 15.8.